The summed E-state index contributed by atoms with van der Waals surface area (Å²) >= 11 is 5.94. The highest BCUT2D eigenvalue weighted by Crippen LogP contribution is 2.57. The minimum atomic E-state index is -0.199. The second-order valence-corrected chi connectivity index (χ2v) is 6.45. The van der Waals surface area contributed by atoms with E-state index < -0.39 is 0 Å². The van der Waals surface area contributed by atoms with E-state index in [4.69, 9.17) is 11.6 Å². The van der Waals surface area contributed by atoms with Crippen LogP contribution in [0.4, 0.5) is 4.39 Å². The maximum absolute atomic E-state index is 13.8. The molecule has 0 aliphatic heterocycles. The fraction of sp³-hybridized carbons (Fsp3) is 0.600. The first kappa shape index (κ1) is 12.4. The molecular weight excluding hydrogens is 251 g/mol. The molecule has 3 atom stereocenters. The Morgan fingerprint density at radius 1 is 1.39 bits per heavy atom. The van der Waals surface area contributed by atoms with Gasteiger partial charge >= 0.3 is 0 Å². The molecule has 2 saturated carbocycles. The molecule has 0 aromatic heterocycles. The van der Waals surface area contributed by atoms with Crippen LogP contribution in [0.15, 0.2) is 18.2 Å². The van der Waals surface area contributed by atoms with Gasteiger partial charge in [0.1, 0.15) is 5.82 Å². The van der Waals surface area contributed by atoms with Crippen LogP contribution in [0.3, 0.4) is 0 Å². The summed E-state index contributed by atoms with van der Waals surface area (Å²) in [6.07, 6.45) is 5.35. The van der Waals surface area contributed by atoms with Gasteiger partial charge in [0.25, 0.3) is 0 Å². The predicted octanol–water partition coefficient (Wildman–Crippen LogP) is 3.82. The average molecular weight is 269 g/mol. The zero-order chi connectivity index (χ0) is 12.8. The van der Waals surface area contributed by atoms with Gasteiger partial charge in [0.15, 0.2) is 0 Å². The summed E-state index contributed by atoms with van der Waals surface area (Å²) in [5.41, 5.74) is 0.554. The van der Waals surface area contributed by atoms with Crippen molar-refractivity contribution in [3.8, 4) is 0 Å². The van der Waals surface area contributed by atoms with E-state index in [0.29, 0.717) is 22.9 Å². The van der Waals surface area contributed by atoms with Crippen LogP contribution < -0.4 is 0 Å². The predicted molar refractivity (Wildman–Crippen MR) is 70.1 cm³/mol. The van der Waals surface area contributed by atoms with Crippen molar-refractivity contribution in [1.82, 2.24) is 0 Å². The van der Waals surface area contributed by atoms with E-state index in [1.165, 1.54) is 25.3 Å². The first-order valence-electron chi connectivity index (χ1n) is 6.68. The maximum atomic E-state index is 13.8. The van der Waals surface area contributed by atoms with Crippen LogP contribution in [-0.4, -0.2) is 11.7 Å². The lowest BCUT2D eigenvalue weighted by atomic mass is 9.70. The van der Waals surface area contributed by atoms with Crippen LogP contribution in [0.2, 0.25) is 5.02 Å². The van der Waals surface area contributed by atoms with Gasteiger partial charge in [0.2, 0.25) is 0 Å². The summed E-state index contributed by atoms with van der Waals surface area (Å²) in [5.74, 6) is 1.10. The van der Waals surface area contributed by atoms with Gasteiger partial charge in [-0.3, -0.25) is 0 Å². The third kappa shape index (κ3) is 1.96. The fourth-order valence-corrected chi connectivity index (χ4v) is 4.28. The highest BCUT2D eigenvalue weighted by Gasteiger charge is 2.50. The van der Waals surface area contributed by atoms with Gasteiger partial charge in [-0.05, 0) is 61.3 Å². The molecule has 0 spiro atoms. The summed E-state index contributed by atoms with van der Waals surface area (Å²) in [7, 11) is 0. The molecule has 18 heavy (non-hydrogen) atoms. The molecule has 2 bridgehead atoms. The molecule has 3 rings (SSSR count). The second-order valence-electron chi connectivity index (χ2n) is 6.01. The van der Waals surface area contributed by atoms with Gasteiger partial charge in [0, 0.05) is 17.0 Å². The Hall–Kier alpha value is -0.600. The zero-order valence-corrected chi connectivity index (χ0v) is 11.1. The third-order valence-corrected chi connectivity index (χ3v) is 5.20. The molecule has 1 aromatic carbocycles. The first-order chi connectivity index (χ1) is 8.63. The fourth-order valence-electron chi connectivity index (χ4n) is 4.08. The van der Waals surface area contributed by atoms with Gasteiger partial charge in [-0.1, -0.05) is 18.0 Å². The number of rotatable bonds is 3. The lowest BCUT2D eigenvalue weighted by Gasteiger charge is -2.36. The van der Waals surface area contributed by atoms with Crippen molar-refractivity contribution in [3.63, 3.8) is 0 Å². The topological polar surface area (TPSA) is 20.2 Å². The van der Waals surface area contributed by atoms with Gasteiger partial charge in [0.05, 0.1) is 0 Å². The van der Waals surface area contributed by atoms with E-state index in [2.05, 4.69) is 0 Å². The van der Waals surface area contributed by atoms with E-state index in [1.54, 1.807) is 12.1 Å². The number of hydrogen-bond acceptors (Lipinski definition) is 1. The lowest BCUT2D eigenvalue weighted by molar-refractivity contribution is 0.0643. The molecule has 3 heteroatoms. The van der Waals surface area contributed by atoms with E-state index in [9.17, 15) is 9.50 Å². The normalized spacial score (nSPS) is 34.2. The van der Waals surface area contributed by atoms with Crippen molar-refractivity contribution < 1.29 is 9.50 Å². The Bertz CT molecular complexity index is 462. The van der Waals surface area contributed by atoms with Crippen molar-refractivity contribution in [2.75, 3.05) is 6.61 Å². The summed E-state index contributed by atoms with van der Waals surface area (Å²) < 4.78 is 13.8. The SMILES string of the molecule is OCC1(Cc2cc(Cl)ccc2F)CC2CCC1C2. The Kier molecular flexibility index (Phi) is 3.11. The Morgan fingerprint density at radius 2 is 2.22 bits per heavy atom. The van der Waals surface area contributed by atoms with Crippen molar-refractivity contribution in [2.24, 2.45) is 17.3 Å². The molecule has 0 radical (unpaired) electrons. The quantitative estimate of drug-likeness (QED) is 0.884. The van der Waals surface area contributed by atoms with Gasteiger partial charge < -0.3 is 5.11 Å². The van der Waals surface area contributed by atoms with E-state index in [1.807, 2.05) is 0 Å². The number of halogens is 2. The second kappa shape index (κ2) is 4.50. The molecule has 3 unspecified atom stereocenters. The lowest BCUT2D eigenvalue weighted by Crippen LogP contribution is -2.34. The molecule has 2 fully saturated rings. The Morgan fingerprint density at radius 3 is 2.83 bits per heavy atom. The van der Waals surface area contributed by atoms with Gasteiger partial charge in [-0.15, -0.1) is 0 Å². The van der Waals surface area contributed by atoms with E-state index in [-0.39, 0.29) is 17.8 Å². The molecule has 1 nitrogen and oxygen atoms in total. The number of hydrogen-bond donors (Lipinski definition) is 1. The molecule has 1 aromatic rings. The van der Waals surface area contributed by atoms with Crippen LogP contribution in [-0.2, 0) is 6.42 Å². The largest absolute Gasteiger partial charge is 0.396 e. The highest BCUT2D eigenvalue weighted by molar-refractivity contribution is 6.30. The average Bonchev–Trinajstić information content (AvgIpc) is 2.94. The van der Waals surface area contributed by atoms with Crippen LogP contribution in [0.5, 0.6) is 0 Å². The molecule has 98 valence electrons. The zero-order valence-electron chi connectivity index (χ0n) is 10.3. The van der Waals surface area contributed by atoms with Crippen molar-refractivity contribution in [2.45, 2.75) is 32.1 Å². The molecule has 0 saturated heterocycles. The van der Waals surface area contributed by atoms with Crippen LogP contribution in [0.1, 0.15) is 31.2 Å². The summed E-state index contributed by atoms with van der Waals surface area (Å²) in [5, 5.41) is 10.4. The number of benzene rings is 1. The van der Waals surface area contributed by atoms with Crippen molar-refractivity contribution >= 4 is 11.6 Å². The first-order valence-corrected chi connectivity index (χ1v) is 7.05. The number of aliphatic hydroxyl groups is 1. The molecule has 0 amide bonds. The summed E-state index contributed by atoms with van der Waals surface area (Å²) in [4.78, 5) is 0. The van der Waals surface area contributed by atoms with Crippen LogP contribution in [0, 0.1) is 23.1 Å². The third-order valence-electron chi connectivity index (χ3n) is 4.97. The Labute approximate surface area is 112 Å². The van der Waals surface area contributed by atoms with Gasteiger partial charge in [-0.2, -0.15) is 0 Å². The molecule has 1 N–H and O–H groups in total. The molecule has 2 aliphatic carbocycles. The summed E-state index contributed by atoms with van der Waals surface area (Å²) in [6.45, 7) is 0.167. The number of aliphatic hydroxyl groups excluding tert-OH is 1. The molecule has 2 aliphatic rings. The molecular formula is C15H18ClFO. The van der Waals surface area contributed by atoms with E-state index >= 15 is 0 Å². The van der Waals surface area contributed by atoms with Crippen LogP contribution >= 0.6 is 11.6 Å². The van der Waals surface area contributed by atoms with E-state index in [0.717, 1.165) is 12.3 Å². The van der Waals surface area contributed by atoms with Gasteiger partial charge in [-0.25, -0.2) is 4.39 Å². The Balaban J connectivity index is 1.88. The monoisotopic (exact) mass is 268 g/mol. The van der Waals surface area contributed by atoms with Crippen molar-refractivity contribution in [1.29, 1.82) is 0 Å². The minimum Gasteiger partial charge on any atom is -0.396 e. The summed E-state index contributed by atoms with van der Waals surface area (Å²) in [6, 6.07) is 4.71. The highest BCUT2D eigenvalue weighted by atomic mass is 35.5. The standard InChI is InChI=1S/C15H18ClFO/c16-13-3-4-14(17)11(6-13)8-15(9-18)7-10-1-2-12(15)5-10/h3-4,6,10,12,18H,1-2,5,7-9H2. The minimum absolute atomic E-state index is 0.103. The number of fused-ring (bicyclic) bond motifs is 2. The maximum Gasteiger partial charge on any atom is 0.126 e. The molecule has 0 heterocycles. The van der Waals surface area contributed by atoms with Crippen LogP contribution in [0.25, 0.3) is 0 Å². The smallest absolute Gasteiger partial charge is 0.126 e. The van der Waals surface area contributed by atoms with Crippen molar-refractivity contribution in [3.05, 3.63) is 34.6 Å².